The van der Waals surface area contributed by atoms with E-state index in [0.29, 0.717) is 11.2 Å². The number of nitrogens with zero attached hydrogens (tertiary/aromatic N) is 5. The average Bonchev–Trinajstić information content (AvgIpc) is 3.39. The Morgan fingerprint density at radius 3 is 2.47 bits per heavy atom. The standard InChI is InChI=1S/C23H17F3N6/c1-13(14-5-7-16(24)8-6-14)31-11-15(10-28-31)17-3-2-4-18(22(17)26)19-9-21-29-23(27)30-32(21)12-20(19)25/h2-13H,1H3,(H2,27,30). The van der Waals surface area contributed by atoms with Crippen molar-refractivity contribution in [3.63, 3.8) is 0 Å². The zero-order chi connectivity index (χ0) is 22.4. The fourth-order valence-electron chi connectivity index (χ4n) is 3.67. The predicted molar refractivity (Wildman–Crippen MR) is 114 cm³/mol. The van der Waals surface area contributed by atoms with Gasteiger partial charge in [0.1, 0.15) is 17.5 Å². The van der Waals surface area contributed by atoms with Crippen molar-refractivity contribution in [1.29, 1.82) is 0 Å². The highest BCUT2D eigenvalue weighted by atomic mass is 19.1. The lowest BCUT2D eigenvalue weighted by molar-refractivity contribution is 0.561. The summed E-state index contributed by atoms with van der Waals surface area (Å²) in [6.07, 6.45) is 4.36. The molecule has 1 atom stereocenters. The predicted octanol–water partition coefficient (Wildman–Crippen LogP) is 4.87. The summed E-state index contributed by atoms with van der Waals surface area (Å²) in [5.74, 6) is -1.56. The van der Waals surface area contributed by atoms with E-state index in [1.807, 2.05) is 6.92 Å². The topological polar surface area (TPSA) is 74.0 Å². The number of benzene rings is 2. The molecular weight excluding hydrogens is 417 g/mol. The van der Waals surface area contributed by atoms with Crippen molar-refractivity contribution in [3.8, 4) is 22.3 Å². The summed E-state index contributed by atoms with van der Waals surface area (Å²) < 4.78 is 46.3. The van der Waals surface area contributed by atoms with E-state index in [-0.39, 0.29) is 34.5 Å². The molecule has 32 heavy (non-hydrogen) atoms. The molecule has 0 spiro atoms. The first kappa shape index (κ1) is 19.8. The first-order chi connectivity index (χ1) is 15.4. The van der Waals surface area contributed by atoms with Crippen molar-refractivity contribution in [3.05, 3.63) is 90.1 Å². The second kappa shape index (κ2) is 7.52. The molecule has 160 valence electrons. The number of pyridine rings is 1. The van der Waals surface area contributed by atoms with Crippen LogP contribution in [0.5, 0.6) is 0 Å². The largest absolute Gasteiger partial charge is 0.366 e. The molecule has 2 N–H and O–H groups in total. The first-order valence-electron chi connectivity index (χ1n) is 9.81. The molecule has 0 bridgehead atoms. The molecule has 1 unspecified atom stereocenters. The molecule has 0 saturated carbocycles. The van der Waals surface area contributed by atoms with Crippen molar-refractivity contribution in [1.82, 2.24) is 24.4 Å². The average molecular weight is 434 g/mol. The Kier molecular flexibility index (Phi) is 4.66. The summed E-state index contributed by atoms with van der Waals surface area (Å²) in [6.45, 7) is 1.91. The van der Waals surface area contributed by atoms with Gasteiger partial charge in [-0.05, 0) is 30.7 Å². The van der Waals surface area contributed by atoms with Gasteiger partial charge >= 0.3 is 0 Å². The smallest absolute Gasteiger partial charge is 0.240 e. The van der Waals surface area contributed by atoms with Crippen LogP contribution in [0, 0.1) is 17.5 Å². The van der Waals surface area contributed by atoms with Crippen LogP contribution in [-0.4, -0.2) is 24.4 Å². The normalized spacial score (nSPS) is 12.4. The molecule has 0 aliphatic heterocycles. The summed E-state index contributed by atoms with van der Waals surface area (Å²) in [6, 6.07) is 12.1. The molecule has 0 saturated heterocycles. The lowest BCUT2D eigenvalue weighted by atomic mass is 10.00. The highest BCUT2D eigenvalue weighted by Gasteiger charge is 2.18. The maximum absolute atomic E-state index is 15.5. The Labute approximate surface area is 180 Å². The molecule has 3 aromatic heterocycles. The van der Waals surface area contributed by atoms with Crippen LogP contribution in [-0.2, 0) is 0 Å². The molecule has 3 heterocycles. The van der Waals surface area contributed by atoms with Gasteiger partial charge in [0.05, 0.1) is 18.4 Å². The van der Waals surface area contributed by atoms with Gasteiger partial charge in [-0.15, -0.1) is 5.10 Å². The maximum atomic E-state index is 15.5. The fraction of sp³-hybridized carbons (Fsp3) is 0.0870. The molecule has 0 aliphatic carbocycles. The van der Waals surface area contributed by atoms with Crippen molar-refractivity contribution in [2.75, 3.05) is 5.73 Å². The number of anilines is 1. The van der Waals surface area contributed by atoms with Gasteiger partial charge in [-0.25, -0.2) is 17.7 Å². The Morgan fingerprint density at radius 1 is 0.938 bits per heavy atom. The molecule has 6 nitrogen and oxygen atoms in total. The van der Waals surface area contributed by atoms with Crippen molar-refractivity contribution in [2.24, 2.45) is 0 Å². The maximum Gasteiger partial charge on any atom is 0.240 e. The SMILES string of the molecule is CC(c1ccc(F)cc1)n1cc(-c2cccc(-c3cc4nc(N)nn4cc3F)c2F)cn1. The Bertz CT molecular complexity index is 1440. The van der Waals surface area contributed by atoms with Crippen LogP contribution >= 0.6 is 0 Å². The third-order valence-corrected chi connectivity index (χ3v) is 5.39. The minimum atomic E-state index is -0.654. The highest BCUT2D eigenvalue weighted by Crippen LogP contribution is 2.33. The third kappa shape index (κ3) is 3.37. The number of halogens is 3. The first-order valence-corrected chi connectivity index (χ1v) is 9.81. The minimum Gasteiger partial charge on any atom is -0.366 e. The molecule has 0 fully saturated rings. The highest BCUT2D eigenvalue weighted by molar-refractivity contribution is 5.75. The third-order valence-electron chi connectivity index (χ3n) is 5.39. The monoisotopic (exact) mass is 434 g/mol. The van der Waals surface area contributed by atoms with Crippen LogP contribution in [0.15, 0.2) is 67.1 Å². The van der Waals surface area contributed by atoms with E-state index in [1.54, 1.807) is 41.3 Å². The summed E-state index contributed by atoms with van der Waals surface area (Å²) >= 11 is 0. The fourth-order valence-corrected chi connectivity index (χ4v) is 3.67. The van der Waals surface area contributed by atoms with Gasteiger partial charge in [-0.3, -0.25) is 4.68 Å². The molecule has 5 rings (SSSR count). The lowest BCUT2D eigenvalue weighted by Crippen LogP contribution is -2.06. The zero-order valence-corrected chi connectivity index (χ0v) is 16.9. The van der Waals surface area contributed by atoms with Crippen LogP contribution in [0.4, 0.5) is 19.1 Å². The summed E-state index contributed by atoms with van der Waals surface area (Å²) in [4.78, 5) is 4.01. The van der Waals surface area contributed by atoms with Gasteiger partial charge < -0.3 is 5.73 Å². The molecular formula is C23H17F3N6. The number of hydrogen-bond acceptors (Lipinski definition) is 4. The molecule has 0 radical (unpaired) electrons. The van der Waals surface area contributed by atoms with E-state index in [9.17, 15) is 8.78 Å². The van der Waals surface area contributed by atoms with Gasteiger partial charge in [0.25, 0.3) is 0 Å². The van der Waals surface area contributed by atoms with Gasteiger partial charge in [-0.2, -0.15) is 10.1 Å². The van der Waals surface area contributed by atoms with Crippen LogP contribution in [0.2, 0.25) is 0 Å². The number of nitrogens with two attached hydrogens (primary N) is 1. The van der Waals surface area contributed by atoms with Crippen LogP contribution in [0.25, 0.3) is 27.9 Å². The Balaban J connectivity index is 1.53. The number of fused-ring (bicyclic) bond motifs is 1. The van der Waals surface area contributed by atoms with Gasteiger partial charge in [-0.1, -0.05) is 30.3 Å². The van der Waals surface area contributed by atoms with Gasteiger partial charge in [0.15, 0.2) is 5.65 Å². The van der Waals surface area contributed by atoms with Crippen LogP contribution in [0.1, 0.15) is 18.5 Å². The summed E-state index contributed by atoms with van der Waals surface area (Å²) in [5.41, 5.74) is 7.69. The Morgan fingerprint density at radius 2 is 1.69 bits per heavy atom. The van der Waals surface area contributed by atoms with E-state index in [2.05, 4.69) is 15.2 Å². The van der Waals surface area contributed by atoms with Crippen LogP contribution in [0.3, 0.4) is 0 Å². The molecule has 0 aliphatic rings. The Hall–Kier alpha value is -4.14. The molecule has 2 aromatic carbocycles. The van der Waals surface area contributed by atoms with Gasteiger partial charge in [0, 0.05) is 28.5 Å². The summed E-state index contributed by atoms with van der Waals surface area (Å²) in [5, 5.41) is 8.21. The quantitative estimate of drug-likeness (QED) is 0.438. The molecule has 0 amide bonds. The van der Waals surface area contributed by atoms with Crippen molar-refractivity contribution in [2.45, 2.75) is 13.0 Å². The van der Waals surface area contributed by atoms with E-state index < -0.39 is 11.6 Å². The second-order valence-electron chi connectivity index (χ2n) is 7.41. The van der Waals surface area contributed by atoms with Gasteiger partial charge in [0.2, 0.25) is 5.95 Å². The second-order valence-corrected chi connectivity index (χ2v) is 7.41. The van der Waals surface area contributed by atoms with E-state index in [0.717, 1.165) is 11.8 Å². The number of hydrogen-bond donors (Lipinski definition) is 1. The molecule has 5 aromatic rings. The summed E-state index contributed by atoms with van der Waals surface area (Å²) in [7, 11) is 0. The number of nitrogen functional groups attached to an aromatic ring is 1. The zero-order valence-electron chi connectivity index (χ0n) is 16.9. The lowest BCUT2D eigenvalue weighted by Gasteiger charge is -2.12. The number of aromatic nitrogens is 5. The van der Waals surface area contributed by atoms with E-state index in [1.165, 1.54) is 28.8 Å². The van der Waals surface area contributed by atoms with E-state index in [4.69, 9.17) is 5.73 Å². The molecule has 9 heteroatoms. The van der Waals surface area contributed by atoms with Crippen molar-refractivity contribution < 1.29 is 13.2 Å². The van der Waals surface area contributed by atoms with Crippen molar-refractivity contribution >= 4 is 11.6 Å². The van der Waals surface area contributed by atoms with Crippen LogP contribution < -0.4 is 5.73 Å². The number of rotatable bonds is 4. The van der Waals surface area contributed by atoms with E-state index >= 15 is 4.39 Å². The minimum absolute atomic E-state index is 0.00142.